The molecule has 0 N–H and O–H groups in total. The molecule has 0 amide bonds. The van der Waals surface area contributed by atoms with Gasteiger partial charge in [-0.05, 0) is 23.8 Å². The standard InChI is InChI=1S/C11H9F3O3/c1-16-10(15)6-5-8-3-2-4-9(7-8)17-11(12,13)14/h2-7H,1H3/b6-5-. The minimum absolute atomic E-state index is 0.343. The molecule has 92 valence electrons. The van der Waals surface area contributed by atoms with Gasteiger partial charge in [0.2, 0.25) is 0 Å². The second-order valence-corrected chi connectivity index (χ2v) is 2.98. The summed E-state index contributed by atoms with van der Waals surface area (Å²) >= 11 is 0. The van der Waals surface area contributed by atoms with Crippen LogP contribution in [0.3, 0.4) is 0 Å². The molecule has 0 aromatic heterocycles. The third-order valence-electron chi connectivity index (χ3n) is 1.70. The second-order valence-electron chi connectivity index (χ2n) is 2.98. The van der Waals surface area contributed by atoms with Crippen molar-refractivity contribution in [1.82, 2.24) is 0 Å². The third kappa shape index (κ3) is 5.05. The number of alkyl halides is 3. The fourth-order valence-electron chi connectivity index (χ4n) is 1.05. The molecule has 0 aliphatic carbocycles. The summed E-state index contributed by atoms with van der Waals surface area (Å²) in [5.74, 6) is -0.934. The van der Waals surface area contributed by atoms with Crippen molar-refractivity contribution in [3.8, 4) is 5.75 Å². The summed E-state index contributed by atoms with van der Waals surface area (Å²) in [5.41, 5.74) is 0.400. The highest BCUT2D eigenvalue weighted by atomic mass is 19.4. The highest BCUT2D eigenvalue weighted by Gasteiger charge is 2.30. The Bertz CT molecular complexity index is 424. The van der Waals surface area contributed by atoms with Gasteiger partial charge in [0.15, 0.2) is 0 Å². The Morgan fingerprint density at radius 1 is 1.35 bits per heavy atom. The third-order valence-corrected chi connectivity index (χ3v) is 1.70. The lowest BCUT2D eigenvalue weighted by Crippen LogP contribution is -2.17. The molecule has 0 saturated heterocycles. The monoisotopic (exact) mass is 246 g/mol. The number of carbonyl (C=O) groups is 1. The van der Waals surface area contributed by atoms with Gasteiger partial charge in [0.05, 0.1) is 7.11 Å². The fraction of sp³-hybridized carbons (Fsp3) is 0.182. The zero-order valence-electron chi connectivity index (χ0n) is 8.82. The molecule has 0 aliphatic rings. The Labute approximate surface area is 95.5 Å². The van der Waals surface area contributed by atoms with E-state index in [0.29, 0.717) is 5.56 Å². The van der Waals surface area contributed by atoms with E-state index < -0.39 is 12.3 Å². The van der Waals surface area contributed by atoms with Gasteiger partial charge >= 0.3 is 12.3 Å². The van der Waals surface area contributed by atoms with Gasteiger partial charge in [-0.2, -0.15) is 0 Å². The van der Waals surface area contributed by atoms with Crippen LogP contribution < -0.4 is 4.74 Å². The van der Waals surface area contributed by atoms with Crippen molar-refractivity contribution in [2.75, 3.05) is 7.11 Å². The van der Waals surface area contributed by atoms with Crippen LogP contribution in [0.2, 0.25) is 0 Å². The predicted molar refractivity (Wildman–Crippen MR) is 54.2 cm³/mol. The molecule has 3 nitrogen and oxygen atoms in total. The first kappa shape index (κ1) is 13.1. The quantitative estimate of drug-likeness (QED) is 0.607. The van der Waals surface area contributed by atoms with Gasteiger partial charge in [0, 0.05) is 6.08 Å². The number of ether oxygens (including phenoxy) is 2. The van der Waals surface area contributed by atoms with Crippen LogP contribution in [-0.2, 0) is 9.53 Å². The van der Waals surface area contributed by atoms with Crippen molar-refractivity contribution in [3.63, 3.8) is 0 Å². The van der Waals surface area contributed by atoms with Crippen LogP contribution in [0.1, 0.15) is 5.56 Å². The number of hydrogen-bond donors (Lipinski definition) is 0. The SMILES string of the molecule is COC(=O)/C=C\c1cccc(OC(F)(F)F)c1. The van der Waals surface area contributed by atoms with E-state index in [-0.39, 0.29) is 5.75 Å². The van der Waals surface area contributed by atoms with Gasteiger partial charge in [0.25, 0.3) is 0 Å². The summed E-state index contributed by atoms with van der Waals surface area (Å²) in [7, 11) is 1.20. The van der Waals surface area contributed by atoms with Crippen molar-refractivity contribution in [3.05, 3.63) is 35.9 Å². The van der Waals surface area contributed by atoms with Crippen LogP contribution >= 0.6 is 0 Å². The maximum Gasteiger partial charge on any atom is 0.573 e. The van der Waals surface area contributed by atoms with Gasteiger partial charge < -0.3 is 9.47 Å². The summed E-state index contributed by atoms with van der Waals surface area (Å²) in [4.78, 5) is 10.8. The fourth-order valence-corrected chi connectivity index (χ4v) is 1.05. The lowest BCUT2D eigenvalue weighted by atomic mass is 10.2. The Hall–Kier alpha value is -1.98. The molecule has 0 heterocycles. The molecule has 0 bridgehead atoms. The minimum Gasteiger partial charge on any atom is -0.466 e. The van der Waals surface area contributed by atoms with E-state index in [4.69, 9.17) is 0 Å². The summed E-state index contributed by atoms with van der Waals surface area (Å²) in [5, 5.41) is 0. The summed E-state index contributed by atoms with van der Waals surface area (Å²) < 4.78 is 43.9. The topological polar surface area (TPSA) is 35.5 Å². The molecule has 17 heavy (non-hydrogen) atoms. The molecule has 1 aromatic carbocycles. The Kier molecular flexibility index (Phi) is 4.14. The molecule has 0 aliphatic heterocycles. The van der Waals surface area contributed by atoms with Crippen LogP contribution in [0.5, 0.6) is 5.75 Å². The number of benzene rings is 1. The minimum atomic E-state index is -4.73. The molecule has 0 atom stereocenters. The molecular weight excluding hydrogens is 237 g/mol. The van der Waals surface area contributed by atoms with E-state index in [9.17, 15) is 18.0 Å². The molecule has 0 saturated carbocycles. The maximum atomic E-state index is 11.9. The number of esters is 1. The molecule has 1 aromatic rings. The average molecular weight is 246 g/mol. The van der Waals surface area contributed by atoms with Crippen molar-refractivity contribution in [1.29, 1.82) is 0 Å². The molecular formula is C11H9F3O3. The normalized spacial score (nSPS) is 11.5. The number of rotatable bonds is 3. The van der Waals surface area contributed by atoms with Crippen LogP contribution in [-0.4, -0.2) is 19.4 Å². The second kappa shape index (κ2) is 5.38. The van der Waals surface area contributed by atoms with E-state index in [0.717, 1.165) is 12.1 Å². The maximum absolute atomic E-state index is 11.9. The smallest absolute Gasteiger partial charge is 0.466 e. The average Bonchev–Trinajstić information content (AvgIpc) is 2.24. The first-order chi connectivity index (χ1) is 7.90. The highest BCUT2D eigenvalue weighted by Crippen LogP contribution is 2.23. The van der Waals surface area contributed by atoms with E-state index in [1.54, 1.807) is 0 Å². The van der Waals surface area contributed by atoms with Gasteiger partial charge in [-0.15, -0.1) is 13.2 Å². The van der Waals surface area contributed by atoms with E-state index in [2.05, 4.69) is 9.47 Å². The number of halogens is 3. The number of hydrogen-bond acceptors (Lipinski definition) is 3. The van der Waals surface area contributed by atoms with Gasteiger partial charge in [-0.1, -0.05) is 12.1 Å². The lowest BCUT2D eigenvalue weighted by Gasteiger charge is -2.08. The van der Waals surface area contributed by atoms with E-state index >= 15 is 0 Å². The Morgan fingerprint density at radius 2 is 2.06 bits per heavy atom. The Morgan fingerprint density at radius 3 is 2.65 bits per heavy atom. The molecule has 0 spiro atoms. The van der Waals surface area contributed by atoms with Crippen LogP contribution in [0.4, 0.5) is 13.2 Å². The van der Waals surface area contributed by atoms with E-state index in [1.165, 1.54) is 31.4 Å². The highest BCUT2D eigenvalue weighted by molar-refractivity contribution is 5.86. The number of carbonyl (C=O) groups excluding carboxylic acids is 1. The van der Waals surface area contributed by atoms with Crippen molar-refractivity contribution >= 4 is 12.0 Å². The Balaban J connectivity index is 2.79. The zero-order valence-corrected chi connectivity index (χ0v) is 8.82. The first-order valence-electron chi connectivity index (χ1n) is 4.52. The summed E-state index contributed by atoms with van der Waals surface area (Å²) in [6.07, 6.45) is -2.30. The zero-order chi connectivity index (χ0) is 12.9. The van der Waals surface area contributed by atoms with Gasteiger partial charge in [0.1, 0.15) is 5.75 Å². The van der Waals surface area contributed by atoms with Crippen LogP contribution in [0.15, 0.2) is 30.3 Å². The van der Waals surface area contributed by atoms with Crippen molar-refractivity contribution < 1.29 is 27.4 Å². The van der Waals surface area contributed by atoms with Gasteiger partial charge in [-0.25, -0.2) is 4.79 Å². The first-order valence-corrected chi connectivity index (χ1v) is 4.52. The van der Waals surface area contributed by atoms with E-state index in [1.807, 2.05) is 0 Å². The molecule has 0 radical (unpaired) electrons. The summed E-state index contributed by atoms with van der Waals surface area (Å²) in [6, 6.07) is 5.25. The van der Waals surface area contributed by atoms with Gasteiger partial charge in [-0.3, -0.25) is 0 Å². The van der Waals surface area contributed by atoms with Crippen LogP contribution in [0, 0.1) is 0 Å². The van der Waals surface area contributed by atoms with Crippen molar-refractivity contribution in [2.45, 2.75) is 6.36 Å². The van der Waals surface area contributed by atoms with Crippen LogP contribution in [0.25, 0.3) is 6.08 Å². The molecule has 0 unspecified atom stereocenters. The number of methoxy groups -OCH3 is 1. The summed E-state index contributed by atoms with van der Waals surface area (Å²) in [6.45, 7) is 0. The molecule has 1 rings (SSSR count). The largest absolute Gasteiger partial charge is 0.573 e. The molecule has 0 fully saturated rings. The van der Waals surface area contributed by atoms with Crippen molar-refractivity contribution in [2.24, 2.45) is 0 Å². The predicted octanol–water partition coefficient (Wildman–Crippen LogP) is 2.77. The lowest BCUT2D eigenvalue weighted by molar-refractivity contribution is -0.274. The molecule has 6 heteroatoms.